The van der Waals surface area contributed by atoms with Crippen molar-refractivity contribution in [1.29, 1.82) is 5.26 Å². The molecule has 0 bridgehead atoms. The highest BCUT2D eigenvalue weighted by Crippen LogP contribution is 2.30. The topological polar surface area (TPSA) is 68.3 Å². The van der Waals surface area contributed by atoms with Gasteiger partial charge in [-0.2, -0.15) is 5.26 Å². The summed E-state index contributed by atoms with van der Waals surface area (Å²) >= 11 is 0. The van der Waals surface area contributed by atoms with E-state index in [2.05, 4.69) is 6.07 Å². The van der Waals surface area contributed by atoms with Gasteiger partial charge in [0.1, 0.15) is 6.61 Å². The van der Waals surface area contributed by atoms with Gasteiger partial charge in [-0.25, -0.2) is 0 Å². The van der Waals surface area contributed by atoms with Crippen LogP contribution in [-0.2, 0) is 6.61 Å². The molecule has 0 aliphatic carbocycles. The first-order valence-corrected chi connectivity index (χ1v) is 6.69. The molecule has 0 saturated carbocycles. The Kier molecular flexibility index (Phi) is 4.81. The number of nitrogens with two attached hydrogens (primary N) is 1. The lowest BCUT2D eigenvalue weighted by molar-refractivity contribution is 0.284. The Morgan fingerprint density at radius 3 is 2.67 bits per heavy atom. The van der Waals surface area contributed by atoms with Crippen molar-refractivity contribution in [2.75, 3.05) is 7.11 Å². The number of benzene rings is 2. The smallest absolute Gasteiger partial charge is 0.161 e. The van der Waals surface area contributed by atoms with Gasteiger partial charge in [-0.15, -0.1) is 0 Å². The number of ether oxygens (including phenoxy) is 2. The Morgan fingerprint density at radius 2 is 2.00 bits per heavy atom. The molecule has 0 aromatic heterocycles. The Labute approximate surface area is 124 Å². The van der Waals surface area contributed by atoms with Crippen LogP contribution < -0.4 is 15.2 Å². The van der Waals surface area contributed by atoms with Crippen LogP contribution in [-0.4, -0.2) is 7.11 Å². The largest absolute Gasteiger partial charge is 0.493 e. The Hall–Kier alpha value is -2.51. The van der Waals surface area contributed by atoms with Crippen molar-refractivity contribution in [3.63, 3.8) is 0 Å². The van der Waals surface area contributed by atoms with Gasteiger partial charge in [0.05, 0.1) is 18.7 Å². The van der Waals surface area contributed by atoms with Crippen molar-refractivity contribution in [2.24, 2.45) is 5.73 Å². The third-order valence-corrected chi connectivity index (χ3v) is 3.16. The van der Waals surface area contributed by atoms with E-state index >= 15 is 0 Å². The van der Waals surface area contributed by atoms with Crippen molar-refractivity contribution in [2.45, 2.75) is 19.6 Å². The van der Waals surface area contributed by atoms with Gasteiger partial charge in [0.2, 0.25) is 0 Å². The second kappa shape index (κ2) is 6.78. The van der Waals surface area contributed by atoms with Gasteiger partial charge in [0, 0.05) is 6.04 Å². The molecule has 0 spiro atoms. The van der Waals surface area contributed by atoms with Crippen LogP contribution in [0.5, 0.6) is 11.5 Å². The van der Waals surface area contributed by atoms with Crippen LogP contribution in [0.1, 0.15) is 29.7 Å². The maximum atomic E-state index is 8.89. The van der Waals surface area contributed by atoms with Crippen LogP contribution in [0.25, 0.3) is 0 Å². The zero-order valence-electron chi connectivity index (χ0n) is 12.2. The normalized spacial score (nSPS) is 11.5. The van der Waals surface area contributed by atoms with Crippen LogP contribution in [0.15, 0.2) is 42.5 Å². The van der Waals surface area contributed by atoms with E-state index in [1.807, 2.05) is 43.3 Å². The lowest BCUT2D eigenvalue weighted by Gasteiger charge is -2.13. The van der Waals surface area contributed by atoms with Crippen LogP contribution >= 0.6 is 0 Å². The van der Waals surface area contributed by atoms with Gasteiger partial charge in [-0.1, -0.05) is 18.2 Å². The fraction of sp³-hybridized carbons (Fsp3) is 0.235. The van der Waals surface area contributed by atoms with Crippen LogP contribution in [0, 0.1) is 11.3 Å². The average Bonchev–Trinajstić information content (AvgIpc) is 2.52. The van der Waals surface area contributed by atoms with Gasteiger partial charge in [-0.3, -0.25) is 0 Å². The van der Waals surface area contributed by atoms with Crippen molar-refractivity contribution < 1.29 is 9.47 Å². The molecule has 4 nitrogen and oxygen atoms in total. The van der Waals surface area contributed by atoms with Gasteiger partial charge < -0.3 is 15.2 Å². The zero-order valence-corrected chi connectivity index (χ0v) is 12.2. The van der Waals surface area contributed by atoms with Crippen molar-refractivity contribution in [1.82, 2.24) is 0 Å². The minimum atomic E-state index is -0.0553. The van der Waals surface area contributed by atoms with Crippen molar-refractivity contribution >= 4 is 0 Å². The molecular weight excluding hydrogens is 264 g/mol. The lowest BCUT2D eigenvalue weighted by atomic mass is 10.1. The minimum Gasteiger partial charge on any atom is -0.493 e. The van der Waals surface area contributed by atoms with E-state index in [4.69, 9.17) is 20.5 Å². The molecule has 2 N–H and O–H groups in total. The molecule has 2 rings (SSSR count). The van der Waals surface area contributed by atoms with E-state index in [9.17, 15) is 0 Å². The second-order valence-corrected chi connectivity index (χ2v) is 4.80. The number of hydrogen-bond donors (Lipinski definition) is 1. The highest BCUT2D eigenvalue weighted by atomic mass is 16.5. The quantitative estimate of drug-likeness (QED) is 0.914. The molecule has 0 fully saturated rings. The molecule has 0 aliphatic rings. The molecule has 0 amide bonds. The van der Waals surface area contributed by atoms with Crippen LogP contribution in [0.2, 0.25) is 0 Å². The number of nitriles is 1. The molecule has 0 aliphatic heterocycles. The van der Waals surface area contributed by atoms with Crippen molar-refractivity contribution in [3.05, 3.63) is 59.2 Å². The molecule has 0 unspecified atom stereocenters. The highest BCUT2D eigenvalue weighted by molar-refractivity contribution is 5.44. The van der Waals surface area contributed by atoms with E-state index in [0.717, 1.165) is 11.1 Å². The van der Waals surface area contributed by atoms with Gasteiger partial charge in [0.25, 0.3) is 0 Å². The summed E-state index contributed by atoms with van der Waals surface area (Å²) in [5, 5.41) is 8.89. The van der Waals surface area contributed by atoms with Gasteiger partial charge in [0.15, 0.2) is 11.5 Å². The summed E-state index contributed by atoms with van der Waals surface area (Å²) in [5.41, 5.74) is 8.41. The lowest BCUT2D eigenvalue weighted by Crippen LogP contribution is -2.05. The summed E-state index contributed by atoms with van der Waals surface area (Å²) < 4.78 is 11.1. The Balaban J connectivity index is 2.14. The average molecular weight is 282 g/mol. The molecule has 0 heterocycles. The fourth-order valence-electron chi connectivity index (χ4n) is 1.98. The molecule has 108 valence electrons. The van der Waals surface area contributed by atoms with E-state index in [-0.39, 0.29) is 6.04 Å². The Bertz CT molecular complexity index is 660. The SMILES string of the molecule is COc1cc([C@@H](C)N)ccc1OCc1cccc(C#N)c1. The minimum absolute atomic E-state index is 0.0553. The highest BCUT2D eigenvalue weighted by Gasteiger charge is 2.08. The number of methoxy groups -OCH3 is 1. The third-order valence-electron chi connectivity index (χ3n) is 3.16. The third kappa shape index (κ3) is 3.74. The van der Waals surface area contributed by atoms with Crippen LogP contribution in [0.3, 0.4) is 0 Å². The Morgan fingerprint density at radius 1 is 1.19 bits per heavy atom. The zero-order chi connectivity index (χ0) is 15.2. The molecule has 2 aromatic rings. The van der Waals surface area contributed by atoms with Crippen molar-refractivity contribution in [3.8, 4) is 17.6 Å². The first-order chi connectivity index (χ1) is 10.1. The summed E-state index contributed by atoms with van der Waals surface area (Å²) in [6.45, 7) is 2.30. The number of nitrogens with zero attached hydrogens (tertiary/aromatic N) is 1. The van der Waals surface area contributed by atoms with E-state index in [1.165, 1.54) is 0 Å². The first kappa shape index (κ1) is 14.9. The maximum absolute atomic E-state index is 8.89. The van der Waals surface area contributed by atoms with E-state index < -0.39 is 0 Å². The fourth-order valence-corrected chi connectivity index (χ4v) is 1.98. The second-order valence-electron chi connectivity index (χ2n) is 4.80. The predicted octanol–water partition coefficient (Wildman–Crippen LogP) is 3.17. The number of rotatable bonds is 5. The molecule has 21 heavy (non-hydrogen) atoms. The maximum Gasteiger partial charge on any atom is 0.161 e. The molecule has 2 aromatic carbocycles. The van der Waals surface area contributed by atoms with Crippen LogP contribution in [0.4, 0.5) is 0 Å². The molecule has 0 radical (unpaired) electrons. The summed E-state index contributed by atoms with van der Waals surface area (Å²) in [5.74, 6) is 1.31. The summed E-state index contributed by atoms with van der Waals surface area (Å²) in [6.07, 6.45) is 0. The van der Waals surface area contributed by atoms with Gasteiger partial charge in [-0.05, 0) is 42.3 Å². The van der Waals surface area contributed by atoms with Gasteiger partial charge >= 0.3 is 0 Å². The summed E-state index contributed by atoms with van der Waals surface area (Å²) in [4.78, 5) is 0. The summed E-state index contributed by atoms with van der Waals surface area (Å²) in [6, 6.07) is 15.1. The molecule has 1 atom stereocenters. The molecule has 4 heteroatoms. The summed E-state index contributed by atoms with van der Waals surface area (Å²) in [7, 11) is 1.60. The van der Waals surface area contributed by atoms with E-state index in [1.54, 1.807) is 13.2 Å². The predicted molar refractivity (Wildman–Crippen MR) is 81.1 cm³/mol. The monoisotopic (exact) mass is 282 g/mol. The first-order valence-electron chi connectivity index (χ1n) is 6.69. The number of hydrogen-bond acceptors (Lipinski definition) is 4. The standard InChI is InChI=1S/C17H18N2O2/c1-12(19)15-6-7-16(17(9-15)20-2)21-11-14-5-3-4-13(8-14)10-18/h3-9,12H,11,19H2,1-2H3/t12-/m1/s1. The molecular formula is C17H18N2O2. The van der Waals surface area contributed by atoms with E-state index in [0.29, 0.717) is 23.7 Å². The molecule has 0 saturated heterocycles.